The Hall–Kier alpha value is -0.0800. The lowest BCUT2D eigenvalue weighted by Crippen LogP contribution is -2.58. The summed E-state index contributed by atoms with van der Waals surface area (Å²) < 4.78 is 6.07. The molecule has 1 spiro atoms. The normalized spacial score (nSPS) is 32.8. The molecule has 1 heterocycles. The maximum atomic E-state index is 6.07. The molecule has 1 saturated heterocycles. The first-order valence-corrected chi connectivity index (χ1v) is 6.97. The quantitative estimate of drug-likeness (QED) is 0.777. The van der Waals surface area contributed by atoms with Crippen LogP contribution in [0.15, 0.2) is 0 Å². The highest BCUT2D eigenvalue weighted by atomic mass is 16.5. The van der Waals surface area contributed by atoms with Crippen LogP contribution < -0.4 is 5.32 Å². The molecule has 1 aliphatic heterocycles. The van der Waals surface area contributed by atoms with Crippen molar-refractivity contribution in [2.45, 2.75) is 77.5 Å². The molecule has 2 aliphatic rings. The minimum absolute atomic E-state index is 0.0353. The van der Waals surface area contributed by atoms with Gasteiger partial charge in [0.25, 0.3) is 0 Å². The van der Waals surface area contributed by atoms with Crippen LogP contribution in [0, 0.1) is 5.41 Å². The highest BCUT2D eigenvalue weighted by molar-refractivity contribution is 4.93. The number of rotatable bonds is 2. The zero-order valence-electron chi connectivity index (χ0n) is 11.1. The van der Waals surface area contributed by atoms with Crippen molar-refractivity contribution < 1.29 is 4.74 Å². The van der Waals surface area contributed by atoms with Gasteiger partial charge in [-0.1, -0.05) is 27.2 Å². The van der Waals surface area contributed by atoms with Crippen LogP contribution in [-0.2, 0) is 4.74 Å². The van der Waals surface area contributed by atoms with Crippen molar-refractivity contribution in [3.05, 3.63) is 0 Å². The molecule has 1 unspecified atom stereocenters. The lowest BCUT2D eigenvalue weighted by Gasteiger charge is -2.48. The summed E-state index contributed by atoms with van der Waals surface area (Å²) in [5, 5.41) is 3.79. The van der Waals surface area contributed by atoms with Crippen LogP contribution in [0.2, 0.25) is 0 Å². The molecule has 2 rings (SSSR count). The molecule has 0 aromatic carbocycles. The lowest BCUT2D eigenvalue weighted by atomic mass is 9.73. The largest absolute Gasteiger partial charge is 0.361 e. The van der Waals surface area contributed by atoms with E-state index in [9.17, 15) is 0 Å². The molecule has 1 saturated carbocycles. The fraction of sp³-hybridized carbons (Fsp3) is 1.00. The van der Waals surface area contributed by atoms with E-state index in [1.54, 1.807) is 0 Å². The third-order valence-corrected chi connectivity index (χ3v) is 4.36. The van der Waals surface area contributed by atoms with Crippen molar-refractivity contribution in [2.75, 3.05) is 6.61 Å². The third kappa shape index (κ3) is 2.78. The second-order valence-electron chi connectivity index (χ2n) is 6.43. The monoisotopic (exact) mass is 225 g/mol. The highest BCUT2D eigenvalue weighted by Crippen LogP contribution is 2.42. The summed E-state index contributed by atoms with van der Waals surface area (Å²) in [6, 6.07) is 0.694. The first-order valence-electron chi connectivity index (χ1n) is 6.97. The molecule has 1 aliphatic carbocycles. The summed E-state index contributed by atoms with van der Waals surface area (Å²) in [5.41, 5.74) is 0.557. The van der Waals surface area contributed by atoms with Crippen molar-refractivity contribution in [3.8, 4) is 0 Å². The molecule has 94 valence electrons. The van der Waals surface area contributed by atoms with E-state index in [0.717, 1.165) is 6.61 Å². The molecule has 2 heteroatoms. The maximum Gasteiger partial charge on any atom is 0.119 e. The Morgan fingerprint density at radius 2 is 1.88 bits per heavy atom. The van der Waals surface area contributed by atoms with E-state index in [0.29, 0.717) is 11.5 Å². The molecule has 0 amide bonds. The van der Waals surface area contributed by atoms with E-state index in [2.05, 4.69) is 26.1 Å². The molecule has 16 heavy (non-hydrogen) atoms. The third-order valence-electron chi connectivity index (χ3n) is 4.36. The van der Waals surface area contributed by atoms with Gasteiger partial charge in [0.05, 0.1) is 6.61 Å². The average Bonchev–Trinajstić information content (AvgIpc) is 2.25. The second-order valence-corrected chi connectivity index (χ2v) is 6.43. The first-order chi connectivity index (χ1) is 7.55. The Kier molecular flexibility index (Phi) is 3.60. The van der Waals surface area contributed by atoms with E-state index in [-0.39, 0.29) is 5.72 Å². The zero-order valence-corrected chi connectivity index (χ0v) is 11.1. The molecule has 1 atom stereocenters. The van der Waals surface area contributed by atoms with E-state index in [1.165, 1.54) is 44.9 Å². The van der Waals surface area contributed by atoms with Gasteiger partial charge in [-0.25, -0.2) is 0 Å². The topological polar surface area (TPSA) is 21.3 Å². The van der Waals surface area contributed by atoms with Gasteiger partial charge in [0.15, 0.2) is 0 Å². The van der Waals surface area contributed by atoms with Crippen LogP contribution in [-0.4, -0.2) is 18.4 Å². The van der Waals surface area contributed by atoms with E-state index in [1.807, 2.05) is 0 Å². The maximum absolute atomic E-state index is 6.07. The van der Waals surface area contributed by atoms with Gasteiger partial charge in [-0.2, -0.15) is 0 Å². The van der Waals surface area contributed by atoms with Crippen LogP contribution >= 0.6 is 0 Å². The van der Waals surface area contributed by atoms with Gasteiger partial charge in [0.2, 0.25) is 0 Å². The van der Waals surface area contributed by atoms with Gasteiger partial charge < -0.3 is 4.74 Å². The molecule has 0 radical (unpaired) electrons. The zero-order chi connectivity index (χ0) is 11.6. The lowest BCUT2D eigenvalue weighted by molar-refractivity contribution is -0.143. The molecule has 0 aromatic rings. The predicted octanol–water partition coefficient (Wildman–Crippen LogP) is 3.46. The SMILES string of the molecule is CCCC1CCOC2(CCC(C)(C)CC2)N1. The second kappa shape index (κ2) is 4.66. The molecule has 0 bridgehead atoms. The van der Waals surface area contributed by atoms with Crippen molar-refractivity contribution in [2.24, 2.45) is 5.41 Å². The van der Waals surface area contributed by atoms with Gasteiger partial charge in [0, 0.05) is 6.04 Å². The fourth-order valence-electron chi connectivity index (χ4n) is 3.07. The number of hydrogen-bond donors (Lipinski definition) is 1. The Balaban J connectivity index is 1.93. The summed E-state index contributed by atoms with van der Waals surface area (Å²) in [6.45, 7) is 7.99. The Labute approximate surface area is 100 Å². The van der Waals surface area contributed by atoms with Crippen molar-refractivity contribution in [1.82, 2.24) is 5.32 Å². The molecule has 0 aromatic heterocycles. The molecular weight excluding hydrogens is 198 g/mol. The van der Waals surface area contributed by atoms with Crippen molar-refractivity contribution in [1.29, 1.82) is 0 Å². The van der Waals surface area contributed by atoms with Crippen LogP contribution in [0.4, 0.5) is 0 Å². The molecule has 2 fully saturated rings. The molecule has 1 N–H and O–H groups in total. The van der Waals surface area contributed by atoms with Crippen molar-refractivity contribution in [3.63, 3.8) is 0 Å². The van der Waals surface area contributed by atoms with Crippen LogP contribution in [0.5, 0.6) is 0 Å². The summed E-state index contributed by atoms with van der Waals surface area (Å²) >= 11 is 0. The minimum atomic E-state index is 0.0353. The number of hydrogen-bond acceptors (Lipinski definition) is 2. The molecular formula is C14H27NO. The minimum Gasteiger partial charge on any atom is -0.361 e. The van der Waals surface area contributed by atoms with E-state index in [4.69, 9.17) is 4.74 Å². The summed E-state index contributed by atoms with van der Waals surface area (Å²) in [4.78, 5) is 0. The Morgan fingerprint density at radius 3 is 2.50 bits per heavy atom. The molecule has 2 nitrogen and oxygen atoms in total. The van der Waals surface area contributed by atoms with Gasteiger partial charge in [-0.05, 0) is 43.9 Å². The Bertz CT molecular complexity index is 225. The fourth-order valence-corrected chi connectivity index (χ4v) is 3.07. The van der Waals surface area contributed by atoms with Crippen LogP contribution in [0.3, 0.4) is 0 Å². The first kappa shape index (κ1) is 12.4. The smallest absolute Gasteiger partial charge is 0.119 e. The standard InChI is InChI=1S/C14H27NO/c1-4-5-12-6-11-16-14(15-12)9-7-13(2,3)8-10-14/h12,15H,4-11H2,1-3H3. The van der Waals surface area contributed by atoms with Crippen molar-refractivity contribution >= 4 is 0 Å². The number of ether oxygens (including phenoxy) is 1. The average molecular weight is 225 g/mol. The van der Waals surface area contributed by atoms with Gasteiger partial charge in [0.1, 0.15) is 5.72 Å². The van der Waals surface area contributed by atoms with Crippen LogP contribution in [0.25, 0.3) is 0 Å². The highest BCUT2D eigenvalue weighted by Gasteiger charge is 2.41. The number of nitrogens with one attached hydrogen (secondary N) is 1. The summed E-state index contributed by atoms with van der Waals surface area (Å²) in [6.07, 6.45) is 8.74. The van der Waals surface area contributed by atoms with Crippen LogP contribution in [0.1, 0.15) is 65.7 Å². The van der Waals surface area contributed by atoms with E-state index < -0.39 is 0 Å². The van der Waals surface area contributed by atoms with E-state index >= 15 is 0 Å². The summed E-state index contributed by atoms with van der Waals surface area (Å²) in [5.74, 6) is 0. The summed E-state index contributed by atoms with van der Waals surface area (Å²) in [7, 11) is 0. The Morgan fingerprint density at radius 1 is 1.19 bits per heavy atom. The predicted molar refractivity (Wildman–Crippen MR) is 67.4 cm³/mol. The van der Waals surface area contributed by atoms with Gasteiger partial charge >= 0.3 is 0 Å². The van der Waals surface area contributed by atoms with Gasteiger partial charge in [-0.3, -0.25) is 5.32 Å². The van der Waals surface area contributed by atoms with Gasteiger partial charge in [-0.15, -0.1) is 0 Å².